The SMILES string of the molecule is C=C1C(C=O)=CC(C)=CN1CC(F)F. The lowest BCUT2D eigenvalue weighted by Gasteiger charge is -2.26. The number of nitrogens with zero attached hydrogens (tertiary/aromatic N) is 1. The molecule has 1 aliphatic heterocycles. The van der Waals surface area contributed by atoms with E-state index in [4.69, 9.17) is 0 Å². The summed E-state index contributed by atoms with van der Waals surface area (Å²) in [6.45, 7) is 4.90. The van der Waals surface area contributed by atoms with E-state index in [0.29, 0.717) is 17.6 Å². The Morgan fingerprint density at radius 3 is 2.79 bits per heavy atom. The molecule has 0 amide bonds. The molecule has 0 aliphatic carbocycles. The number of aldehydes is 1. The van der Waals surface area contributed by atoms with Gasteiger partial charge in [0.15, 0.2) is 6.29 Å². The minimum atomic E-state index is -2.44. The van der Waals surface area contributed by atoms with Crippen molar-refractivity contribution in [1.82, 2.24) is 4.90 Å². The molecule has 0 saturated heterocycles. The molecule has 0 fully saturated rings. The maximum Gasteiger partial charge on any atom is 0.256 e. The number of carbonyl (C=O) groups excluding carboxylic acids is 1. The third-order valence-corrected chi connectivity index (χ3v) is 1.88. The predicted octanol–water partition coefficient (Wildman–Crippen LogP) is 2.11. The Kier molecular flexibility index (Phi) is 3.17. The van der Waals surface area contributed by atoms with Gasteiger partial charge < -0.3 is 4.90 Å². The second kappa shape index (κ2) is 4.17. The Bertz CT molecular complexity index is 318. The molecular formula is C10H11F2NO. The highest BCUT2D eigenvalue weighted by Crippen LogP contribution is 2.21. The molecule has 1 heterocycles. The quantitative estimate of drug-likeness (QED) is 0.649. The van der Waals surface area contributed by atoms with Crippen LogP contribution in [0.25, 0.3) is 0 Å². The number of hydrogen-bond acceptors (Lipinski definition) is 2. The molecular weight excluding hydrogens is 188 g/mol. The third-order valence-electron chi connectivity index (χ3n) is 1.88. The molecule has 0 unspecified atom stereocenters. The minimum absolute atomic E-state index is 0.325. The summed E-state index contributed by atoms with van der Waals surface area (Å²) < 4.78 is 24.3. The average molecular weight is 199 g/mol. The van der Waals surface area contributed by atoms with Crippen LogP contribution in [0.1, 0.15) is 6.92 Å². The van der Waals surface area contributed by atoms with E-state index in [9.17, 15) is 13.6 Å². The lowest BCUT2D eigenvalue weighted by molar-refractivity contribution is -0.104. The van der Waals surface area contributed by atoms with Crippen LogP contribution in [0.15, 0.2) is 35.7 Å². The zero-order valence-corrected chi connectivity index (χ0v) is 7.84. The third kappa shape index (κ3) is 2.28. The van der Waals surface area contributed by atoms with E-state index in [1.54, 1.807) is 19.2 Å². The van der Waals surface area contributed by atoms with E-state index < -0.39 is 13.0 Å². The first kappa shape index (κ1) is 10.6. The van der Waals surface area contributed by atoms with Gasteiger partial charge in [0.05, 0.1) is 6.54 Å². The molecule has 0 aromatic heterocycles. The van der Waals surface area contributed by atoms with Crippen molar-refractivity contribution in [2.24, 2.45) is 0 Å². The number of hydrogen-bond donors (Lipinski definition) is 0. The molecule has 0 N–H and O–H groups in total. The van der Waals surface area contributed by atoms with Gasteiger partial charge in [0.2, 0.25) is 0 Å². The van der Waals surface area contributed by atoms with Crippen LogP contribution < -0.4 is 0 Å². The fourth-order valence-electron chi connectivity index (χ4n) is 1.27. The molecule has 0 atom stereocenters. The fourth-order valence-corrected chi connectivity index (χ4v) is 1.27. The molecule has 0 bridgehead atoms. The molecule has 0 radical (unpaired) electrons. The van der Waals surface area contributed by atoms with Crippen molar-refractivity contribution in [2.75, 3.05) is 6.54 Å². The molecule has 0 spiro atoms. The monoisotopic (exact) mass is 199 g/mol. The molecule has 0 aromatic carbocycles. The van der Waals surface area contributed by atoms with Crippen LogP contribution >= 0.6 is 0 Å². The minimum Gasteiger partial charge on any atom is -0.342 e. The molecule has 0 saturated carbocycles. The Balaban J connectivity index is 2.86. The van der Waals surface area contributed by atoms with Crippen LogP contribution in [-0.4, -0.2) is 24.2 Å². The summed E-state index contributed by atoms with van der Waals surface area (Å²) >= 11 is 0. The van der Waals surface area contributed by atoms with E-state index in [1.165, 1.54) is 4.90 Å². The molecule has 1 aliphatic rings. The van der Waals surface area contributed by atoms with Gasteiger partial charge in [0, 0.05) is 17.5 Å². The fraction of sp³-hybridized carbons (Fsp3) is 0.300. The highest BCUT2D eigenvalue weighted by atomic mass is 19.3. The zero-order chi connectivity index (χ0) is 10.7. The lowest BCUT2D eigenvalue weighted by Crippen LogP contribution is -2.26. The molecule has 4 heteroatoms. The topological polar surface area (TPSA) is 20.3 Å². The van der Waals surface area contributed by atoms with Crippen molar-refractivity contribution in [3.8, 4) is 0 Å². The first-order valence-corrected chi connectivity index (χ1v) is 4.14. The zero-order valence-electron chi connectivity index (χ0n) is 7.84. The summed E-state index contributed by atoms with van der Waals surface area (Å²) in [5.41, 5.74) is 1.44. The highest BCUT2D eigenvalue weighted by Gasteiger charge is 2.17. The summed E-state index contributed by atoms with van der Waals surface area (Å²) in [5, 5.41) is 0. The number of alkyl halides is 2. The van der Waals surface area contributed by atoms with Gasteiger partial charge in [-0.05, 0) is 18.6 Å². The number of allylic oxidation sites excluding steroid dienone is 3. The smallest absolute Gasteiger partial charge is 0.256 e. The summed E-state index contributed by atoms with van der Waals surface area (Å²) in [4.78, 5) is 11.9. The number of rotatable bonds is 3. The number of halogens is 2. The summed E-state index contributed by atoms with van der Waals surface area (Å²) in [6, 6.07) is 0. The van der Waals surface area contributed by atoms with E-state index in [0.717, 1.165) is 5.57 Å². The molecule has 76 valence electrons. The molecule has 14 heavy (non-hydrogen) atoms. The highest BCUT2D eigenvalue weighted by molar-refractivity contribution is 5.81. The van der Waals surface area contributed by atoms with Crippen LogP contribution in [0.5, 0.6) is 0 Å². The summed E-state index contributed by atoms with van der Waals surface area (Å²) in [6.07, 6.45) is 1.36. The maximum atomic E-state index is 12.1. The Morgan fingerprint density at radius 2 is 2.29 bits per heavy atom. The normalized spacial score (nSPS) is 16.9. The van der Waals surface area contributed by atoms with E-state index in [-0.39, 0.29) is 0 Å². The van der Waals surface area contributed by atoms with Crippen LogP contribution in [0.2, 0.25) is 0 Å². The van der Waals surface area contributed by atoms with E-state index in [2.05, 4.69) is 6.58 Å². The van der Waals surface area contributed by atoms with Crippen molar-refractivity contribution < 1.29 is 13.6 Å². The Morgan fingerprint density at radius 1 is 1.64 bits per heavy atom. The first-order valence-electron chi connectivity index (χ1n) is 4.14. The molecule has 2 nitrogen and oxygen atoms in total. The Labute approximate surface area is 81.2 Å². The van der Waals surface area contributed by atoms with Gasteiger partial charge >= 0.3 is 0 Å². The van der Waals surface area contributed by atoms with Crippen molar-refractivity contribution >= 4 is 6.29 Å². The van der Waals surface area contributed by atoms with Gasteiger partial charge in [-0.2, -0.15) is 0 Å². The van der Waals surface area contributed by atoms with Gasteiger partial charge in [-0.1, -0.05) is 6.58 Å². The summed E-state index contributed by atoms with van der Waals surface area (Å²) in [5.74, 6) is 0. The van der Waals surface area contributed by atoms with Crippen molar-refractivity contribution in [2.45, 2.75) is 13.3 Å². The first-order chi connectivity index (χ1) is 6.54. The van der Waals surface area contributed by atoms with Gasteiger partial charge in [0.1, 0.15) is 0 Å². The average Bonchev–Trinajstić information content (AvgIpc) is 2.09. The summed E-state index contributed by atoms with van der Waals surface area (Å²) in [7, 11) is 0. The van der Waals surface area contributed by atoms with Gasteiger partial charge in [-0.25, -0.2) is 8.78 Å². The van der Waals surface area contributed by atoms with Gasteiger partial charge in [-0.3, -0.25) is 4.79 Å². The lowest BCUT2D eigenvalue weighted by atomic mass is 10.1. The predicted molar refractivity (Wildman–Crippen MR) is 49.8 cm³/mol. The van der Waals surface area contributed by atoms with Crippen LogP contribution in [0.4, 0.5) is 8.78 Å². The van der Waals surface area contributed by atoms with Gasteiger partial charge in [-0.15, -0.1) is 0 Å². The van der Waals surface area contributed by atoms with Crippen LogP contribution in [0.3, 0.4) is 0 Å². The Hall–Kier alpha value is -1.45. The van der Waals surface area contributed by atoms with Crippen LogP contribution in [-0.2, 0) is 4.79 Å². The van der Waals surface area contributed by atoms with Gasteiger partial charge in [0.25, 0.3) is 6.43 Å². The van der Waals surface area contributed by atoms with E-state index >= 15 is 0 Å². The van der Waals surface area contributed by atoms with Crippen molar-refractivity contribution in [1.29, 1.82) is 0 Å². The largest absolute Gasteiger partial charge is 0.342 e. The standard InChI is InChI=1S/C10H11F2NO/c1-7-3-9(6-14)8(2)13(4-7)5-10(11)12/h3-4,6,10H,2,5H2,1H3. The second-order valence-electron chi connectivity index (χ2n) is 3.08. The molecule has 1 rings (SSSR count). The van der Waals surface area contributed by atoms with Crippen LogP contribution in [0, 0.1) is 0 Å². The maximum absolute atomic E-state index is 12.1. The van der Waals surface area contributed by atoms with E-state index in [1.807, 2.05) is 0 Å². The van der Waals surface area contributed by atoms with Crippen molar-refractivity contribution in [3.05, 3.63) is 35.7 Å². The molecule has 0 aromatic rings. The number of carbonyl (C=O) groups is 1. The second-order valence-corrected chi connectivity index (χ2v) is 3.08. The van der Waals surface area contributed by atoms with Crippen molar-refractivity contribution in [3.63, 3.8) is 0 Å².